The zero-order chi connectivity index (χ0) is 15.9. The van der Waals surface area contributed by atoms with Crippen LogP contribution in [0.2, 0.25) is 5.02 Å². The van der Waals surface area contributed by atoms with Crippen molar-refractivity contribution in [2.45, 2.75) is 31.7 Å². The Morgan fingerprint density at radius 1 is 1.26 bits per heavy atom. The quantitative estimate of drug-likeness (QED) is 0.427. The Bertz CT molecular complexity index is 506. The van der Waals surface area contributed by atoms with Gasteiger partial charge in [-0.05, 0) is 31.4 Å². The van der Waals surface area contributed by atoms with E-state index in [-0.39, 0.29) is 29.0 Å². The number of nitrogens with zero attached hydrogens (tertiary/aromatic N) is 1. The molecule has 0 unspecified atom stereocenters. The predicted molar refractivity (Wildman–Crippen MR) is 94.5 cm³/mol. The van der Waals surface area contributed by atoms with Crippen molar-refractivity contribution in [3.63, 3.8) is 0 Å². The van der Waals surface area contributed by atoms with E-state index in [4.69, 9.17) is 11.6 Å². The highest BCUT2D eigenvalue weighted by molar-refractivity contribution is 6.30. The number of hydrogen-bond acceptors (Lipinski definition) is 2. The van der Waals surface area contributed by atoms with Crippen molar-refractivity contribution in [1.82, 2.24) is 10.2 Å². The van der Waals surface area contributed by atoms with Gasteiger partial charge in [0.05, 0.1) is 5.02 Å². The van der Waals surface area contributed by atoms with Gasteiger partial charge in [-0.2, -0.15) is 0 Å². The van der Waals surface area contributed by atoms with Crippen LogP contribution in [0.1, 0.15) is 37.3 Å². The highest BCUT2D eigenvalue weighted by Crippen LogP contribution is 2.33. The van der Waals surface area contributed by atoms with Gasteiger partial charge < -0.3 is 5.32 Å². The fourth-order valence-corrected chi connectivity index (χ4v) is 3.14. The standard InChI is InChI=1S/C17H23ClF2N2.ClH/c1-2-3-4-5-6-15(22-11-9-21-10-12-22)16-14(19)8-7-13(18)17(16)20;/h2,7-8,15,21H,1,3-6,9-12H2;1H/t15-;/m1./s1. The second-order valence-electron chi connectivity index (χ2n) is 5.63. The van der Waals surface area contributed by atoms with E-state index in [9.17, 15) is 8.78 Å². The first-order chi connectivity index (χ1) is 10.6. The molecular formula is C17H24Cl2F2N2. The van der Waals surface area contributed by atoms with E-state index in [1.54, 1.807) is 0 Å². The van der Waals surface area contributed by atoms with Crippen molar-refractivity contribution >= 4 is 24.0 Å². The van der Waals surface area contributed by atoms with E-state index in [1.807, 2.05) is 6.08 Å². The van der Waals surface area contributed by atoms with Crippen LogP contribution in [0.25, 0.3) is 0 Å². The average molecular weight is 365 g/mol. The van der Waals surface area contributed by atoms with Gasteiger partial charge in [-0.25, -0.2) is 8.78 Å². The second kappa shape index (κ2) is 10.2. The van der Waals surface area contributed by atoms with Gasteiger partial charge in [0.1, 0.15) is 11.6 Å². The third-order valence-corrected chi connectivity index (χ3v) is 4.43. The van der Waals surface area contributed by atoms with Crippen LogP contribution in [0, 0.1) is 11.6 Å². The molecule has 1 aromatic rings. The molecule has 0 aliphatic carbocycles. The number of piperazine rings is 1. The molecule has 1 N–H and O–H groups in total. The largest absolute Gasteiger partial charge is 0.314 e. The molecule has 2 nitrogen and oxygen atoms in total. The van der Waals surface area contributed by atoms with Crippen LogP contribution in [0.4, 0.5) is 8.78 Å². The lowest BCUT2D eigenvalue weighted by molar-refractivity contribution is 0.156. The maximum atomic E-state index is 14.4. The third kappa shape index (κ3) is 5.42. The lowest BCUT2D eigenvalue weighted by Gasteiger charge is -2.35. The Morgan fingerprint density at radius 2 is 1.96 bits per heavy atom. The van der Waals surface area contributed by atoms with E-state index in [0.717, 1.165) is 51.9 Å². The van der Waals surface area contributed by atoms with E-state index < -0.39 is 11.6 Å². The molecule has 0 aromatic heterocycles. The fraction of sp³-hybridized carbons (Fsp3) is 0.529. The van der Waals surface area contributed by atoms with Gasteiger partial charge in [-0.15, -0.1) is 19.0 Å². The maximum absolute atomic E-state index is 14.4. The second-order valence-corrected chi connectivity index (χ2v) is 6.04. The Hall–Kier alpha value is -0.680. The van der Waals surface area contributed by atoms with Crippen LogP contribution in [-0.2, 0) is 0 Å². The van der Waals surface area contributed by atoms with E-state index in [1.165, 1.54) is 12.1 Å². The molecule has 1 aliphatic rings. The molecule has 1 heterocycles. The Kier molecular flexibility index (Phi) is 9.07. The topological polar surface area (TPSA) is 15.3 Å². The summed E-state index contributed by atoms with van der Waals surface area (Å²) in [6.07, 6.45) is 5.42. The molecule has 0 saturated carbocycles. The van der Waals surface area contributed by atoms with Gasteiger partial charge in [0.15, 0.2) is 0 Å². The molecule has 1 fully saturated rings. The monoisotopic (exact) mass is 364 g/mol. The number of rotatable bonds is 7. The molecule has 23 heavy (non-hydrogen) atoms. The van der Waals surface area contributed by atoms with Crippen molar-refractivity contribution < 1.29 is 8.78 Å². The average Bonchev–Trinajstić information content (AvgIpc) is 2.54. The highest BCUT2D eigenvalue weighted by atomic mass is 35.5. The smallest absolute Gasteiger partial charge is 0.149 e. The SMILES string of the molecule is C=CCCCC[C@H](c1c(F)ccc(Cl)c1F)N1CCNCC1.Cl. The highest BCUT2D eigenvalue weighted by Gasteiger charge is 2.28. The Morgan fingerprint density at radius 3 is 2.61 bits per heavy atom. The van der Waals surface area contributed by atoms with Gasteiger partial charge in [0.25, 0.3) is 0 Å². The van der Waals surface area contributed by atoms with Crippen molar-refractivity contribution in [3.05, 3.63) is 47.0 Å². The summed E-state index contributed by atoms with van der Waals surface area (Å²) >= 11 is 5.87. The van der Waals surface area contributed by atoms with Crippen LogP contribution in [0.15, 0.2) is 24.8 Å². The van der Waals surface area contributed by atoms with Gasteiger partial charge in [0.2, 0.25) is 0 Å². The van der Waals surface area contributed by atoms with Gasteiger partial charge in [-0.1, -0.05) is 24.1 Å². The first-order valence-electron chi connectivity index (χ1n) is 7.84. The minimum Gasteiger partial charge on any atom is -0.314 e. The summed E-state index contributed by atoms with van der Waals surface area (Å²) in [5, 5.41) is 3.26. The molecule has 1 saturated heterocycles. The first-order valence-corrected chi connectivity index (χ1v) is 8.22. The number of allylic oxidation sites excluding steroid dienone is 1. The molecule has 0 spiro atoms. The number of unbranched alkanes of at least 4 members (excludes halogenated alkanes) is 2. The van der Waals surface area contributed by atoms with E-state index in [0.29, 0.717) is 0 Å². The minimum absolute atomic E-state index is 0. The summed E-state index contributed by atoms with van der Waals surface area (Å²) in [5.41, 5.74) is 0.119. The van der Waals surface area contributed by atoms with Crippen molar-refractivity contribution in [2.75, 3.05) is 26.2 Å². The van der Waals surface area contributed by atoms with Gasteiger partial charge in [0, 0.05) is 37.8 Å². The predicted octanol–water partition coefficient (Wildman–Crippen LogP) is 4.73. The van der Waals surface area contributed by atoms with Crippen LogP contribution in [0.5, 0.6) is 0 Å². The van der Waals surface area contributed by atoms with Crippen molar-refractivity contribution in [2.24, 2.45) is 0 Å². The zero-order valence-electron chi connectivity index (χ0n) is 13.2. The molecule has 1 atom stereocenters. The van der Waals surface area contributed by atoms with Crippen molar-refractivity contribution in [1.29, 1.82) is 0 Å². The Labute approximate surface area is 148 Å². The minimum atomic E-state index is -0.617. The molecule has 2 rings (SSSR count). The molecule has 0 bridgehead atoms. The lowest BCUT2D eigenvalue weighted by Crippen LogP contribution is -2.45. The number of benzene rings is 1. The molecule has 6 heteroatoms. The summed E-state index contributed by atoms with van der Waals surface area (Å²) in [4.78, 5) is 2.15. The number of hydrogen-bond donors (Lipinski definition) is 1. The van der Waals surface area contributed by atoms with Crippen LogP contribution < -0.4 is 5.32 Å². The first kappa shape index (κ1) is 20.4. The molecule has 0 radical (unpaired) electrons. The summed E-state index contributed by atoms with van der Waals surface area (Å²) in [6.45, 7) is 6.97. The number of halogens is 4. The summed E-state index contributed by atoms with van der Waals surface area (Å²) in [7, 11) is 0. The van der Waals surface area contributed by atoms with Crippen LogP contribution in [0.3, 0.4) is 0 Å². The maximum Gasteiger partial charge on any atom is 0.149 e. The van der Waals surface area contributed by atoms with Gasteiger partial charge in [-0.3, -0.25) is 4.90 Å². The third-order valence-electron chi connectivity index (χ3n) is 4.14. The number of nitrogens with one attached hydrogen (secondary N) is 1. The van der Waals surface area contributed by atoms with E-state index in [2.05, 4.69) is 16.8 Å². The summed E-state index contributed by atoms with van der Waals surface area (Å²) in [6, 6.07) is 2.28. The zero-order valence-corrected chi connectivity index (χ0v) is 14.7. The summed E-state index contributed by atoms with van der Waals surface area (Å²) < 4.78 is 28.7. The van der Waals surface area contributed by atoms with E-state index >= 15 is 0 Å². The van der Waals surface area contributed by atoms with Gasteiger partial charge >= 0.3 is 0 Å². The fourth-order valence-electron chi connectivity index (χ4n) is 2.98. The Balaban J connectivity index is 0.00000264. The van der Waals surface area contributed by atoms with Crippen molar-refractivity contribution in [3.8, 4) is 0 Å². The van der Waals surface area contributed by atoms with Crippen LogP contribution in [-0.4, -0.2) is 31.1 Å². The molecular weight excluding hydrogens is 341 g/mol. The summed E-state index contributed by atoms with van der Waals surface area (Å²) in [5.74, 6) is -1.12. The normalized spacial score (nSPS) is 16.7. The lowest BCUT2D eigenvalue weighted by atomic mass is 9.97. The molecule has 0 amide bonds. The van der Waals surface area contributed by atoms with Crippen LogP contribution >= 0.6 is 24.0 Å². The molecule has 130 valence electrons. The molecule has 1 aliphatic heterocycles. The molecule has 1 aromatic carbocycles.